The van der Waals surface area contributed by atoms with Gasteiger partial charge in [0.05, 0.1) is 20.9 Å². The molecule has 5 heteroatoms. The maximum Gasteiger partial charge on any atom is 0.126 e. The molecule has 0 atom stereocenters. The number of nitrogens with zero attached hydrogens (tertiary/aromatic N) is 1. The third-order valence-electron chi connectivity index (χ3n) is 3.19. The number of anilines is 1. The van der Waals surface area contributed by atoms with Gasteiger partial charge >= 0.3 is 0 Å². The van der Waals surface area contributed by atoms with Gasteiger partial charge in [-0.1, -0.05) is 36.2 Å². The van der Waals surface area contributed by atoms with E-state index in [1.807, 2.05) is 6.07 Å². The minimum atomic E-state index is 0.459. The van der Waals surface area contributed by atoms with Crippen LogP contribution in [0.5, 0.6) is 0 Å². The van der Waals surface area contributed by atoms with Crippen molar-refractivity contribution in [3.8, 4) is 10.6 Å². The van der Waals surface area contributed by atoms with Crippen molar-refractivity contribution < 1.29 is 0 Å². The Labute approximate surface area is 131 Å². The van der Waals surface area contributed by atoms with Gasteiger partial charge < -0.3 is 5.73 Å². The van der Waals surface area contributed by atoms with Gasteiger partial charge in [0, 0.05) is 10.6 Å². The minimum Gasteiger partial charge on any atom is -0.397 e. The summed E-state index contributed by atoms with van der Waals surface area (Å²) in [7, 11) is 0. The van der Waals surface area contributed by atoms with Crippen LogP contribution in [0.3, 0.4) is 0 Å². The van der Waals surface area contributed by atoms with Crippen LogP contribution in [0.4, 0.5) is 5.69 Å². The summed E-state index contributed by atoms with van der Waals surface area (Å²) in [5, 5.41) is 1.86. The van der Waals surface area contributed by atoms with Crippen molar-refractivity contribution in [2.75, 3.05) is 5.73 Å². The van der Waals surface area contributed by atoms with Crippen molar-refractivity contribution in [2.24, 2.45) is 0 Å². The van der Waals surface area contributed by atoms with Crippen LogP contribution in [0.2, 0.25) is 10.0 Å². The molecule has 0 bridgehead atoms. The Bertz CT molecular complexity index is 796. The van der Waals surface area contributed by atoms with E-state index in [9.17, 15) is 0 Å². The summed E-state index contributed by atoms with van der Waals surface area (Å²) in [6.45, 7) is 2.14. The Morgan fingerprint density at radius 3 is 2.75 bits per heavy atom. The van der Waals surface area contributed by atoms with Gasteiger partial charge in [0.25, 0.3) is 0 Å². The zero-order valence-corrected chi connectivity index (χ0v) is 13.1. The number of nitrogen functional groups attached to an aromatic ring is 1. The monoisotopic (exact) mass is 322 g/mol. The van der Waals surface area contributed by atoms with Crippen molar-refractivity contribution in [2.45, 2.75) is 13.3 Å². The summed E-state index contributed by atoms with van der Waals surface area (Å²) in [6, 6.07) is 9.75. The lowest BCUT2D eigenvalue weighted by Crippen LogP contribution is -1.91. The van der Waals surface area contributed by atoms with Gasteiger partial charge in [0.15, 0.2) is 0 Å². The summed E-state index contributed by atoms with van der Waals surface area (Å²) in [5.41, 5.74) is 9.62. The summed E-state index contributed by atoms with van der Waals surface area (Å²) < 4.78 is 1.15. The number of halogens is 2. The van der Waals surface area contributed by atoms with Gasteiger partial charge in [-0.05, 0) is 36.2 Å². The molecule has 20 heavy (non-hydrogen) atoms. The molecule has 0 spiro atoms. The fraction of sp³-hybridized carbons (Fsp3) is 0.133. The van der Waals surface area contributed by atoms with E-state index in [2.05, 4.69) is 24.0 Å². The molecule has 0 aliphatic rings. The smallest absolute Gasteiger partial charge is 0.126 e. The number of benzene rings is 2. The summed E-state index contributed by atoms with van der Waals surface area (Å²) in [6.07, 6.45) is 1.01. The van der Waals surface area contributed by atoms with E-state index in [0.29, 0.717) is 15.7 Å². The average molecular weight is 323 g/mol. The highest BCUT2D eigenvalue weighted by Crippen LogP contribution is 2.38. The second-order valence-electron chi connectivity index (χ2n) is 4.52. The second-order valence-corrected chi connectivity index (χ2v) is 6.40. The van der Waals surface area contributed by atoms with Crippen LogP contribution in [-0.4, -0.2) is 4.98 Å². The first kappa shape index (κ1) is 13.7. The molecule has 0 aliphatic heterocycles. The number of hydrogen-bond donors (Lipinski definition) is 1. The Hall–Kier alpha value is -1.29. The number of fused-ring (bicyclic) bond motifs is 1. The Kier molecular flexibility index (Phi) is 3.59. The van der Waals surface area contributed by atoms with Gasteiger partial charge in [-0.3, -0.25) is 0 Å². The number of aromatic nitrogens is 1. The molecule has 0 aliphatic carbocycles. The third-order valence-corrected chi connectivity index (χ3v) is 4.77. The number of nitrogens with two attached hydrogens (primary N) is 1. The van der Waals surface area contributed by atoms with Gasteiger partial charge in [-0.25, -0.2) is 4.98 Å². The highest BCUT2D eigenvalue weighted by Gasteiger charge is 2.13. The van der Waals surface area contributed by atoms with Crippen molar-refractivity contribution in [3.05, 3.63) is 45.9 Å². The first-order valence-corrected chi connectivity index (χ1v) is 7.80. The molecule has 0 fully saturated rings. The molecule has 1 aromatic heterocycles. The highest BCUT2D eigenvalue weighted by atomic mass is 35.5. The van der Waals surface area contributed by atoms with E-state index >= 15 is 0 Å². The summed E-state index contributed by atoms with van der Waals surface area (Å²) in [4.78, 5) is 4.62. The van der Waals surface area contributed by atoms with Crippen LogP contribution in [-0.2, 0) is 6.42 Å². The van der Waals surface area contributed by atoms with E-state index in [1.165, 1.54) is 5.56 Å². The van der Waals surface area contributed by atoms with Crippen molar-refractivity contribution in [3.63, 3.8) is 0 Å². The van der Waals surface area contributed by atoms with Crippen molar-refractivity contribution >= 4 is 50.4 Å². The van der Waals surface area contributed by atoms with E-state index < -0.39 is 0 Å². The zero-order chi connectivity index (χ0) is 14.3. The molecule has 0 unspecified atom stereocenters. The van der Waals surface area contributed by atoms with Gasteiger partial charge in [-0.2, -0.15) is 0 Å². The third kappa shape index (κ3) is 2.37. The largest absolute Gasteiger partial charge is 0.397 e. The Morgan fingerprint density at radius 1 is 1.20 bits per heavy atom. The fourth-order valence-electron chi connectivity index (χ4n) is 2.07. The SMILES string of the molecule is CCc1ccc2nc(-c3cc(Cl)cc(Cl)c3N)sc2c1. The molecular weight excluding hydrogens is 311 g/mol. The first-order chi connectivity index (χ1) is 9.58. The van der Waals surface area contributed by atoms with E-state index in [1.54, 1.807) is 23.5 Å². The normalized spacial score (nSPS) is 11.2. The molecule has 2 N–H and O–H groups in total. The second kappa shape index (κ2) is 5.24. The lowest BCUT2D eigenvalue weighted by Gasteiger charge is -2.05. The molecule has 1 heterocycles. The predicted molar refractivity (Wildman–Crippen MR) is 88.9 cm³/mol. The predicted octanol–water partition coefficient (Wildman–Crippen LogP) is 5.41. The summed E-state index contributed by atoms with van der Waals surface area (Å²) in [5.74, 6) is 0. The summed E-state index contributed by atoms with van der Waals surface area (Å²) >= 11 is 13.7. The molecule has 0 radical (unpaired) electrons. The highest BCUT2D eigenvalue weighted by molar-refractivity contribution is 7.21. The van der Waals surface area contributed by atoms with Crippen LogP contribution in [0.1, 0.15) is 12.5 Å². The maximum absolute atomic E-state index is 6.08. The Balaban J connectivity index is 2.20. The number of thiazole rings is 1. The quantitative estimate of drug-likeness (QED) is 0.640. The lowest BCUT2D eigenvalue weighted by atomic mass is 10.1. The van der Waals surface area contributed by atoms with Crippen LogP contribution in [0.15, 0.2) is 30.3 Å². The van der Waals surface area contributed by atoms with Crippen LogP contribution in [0.25, 0.3) is 20.8 Å². The van der Waals surface area contributed by atoms with E-state index in [-0.39, 0.29) is 0 Å². The maximum atomic E-state index is 6.08. The standard InChI is InChI=1S/C15H12Cl2N2S/c1-2-8-3-4-12-13(5-8)20-15(19-12)10-6-9(16)7-11(17)14(10)18/h3-7H,2,18H2,1H3. The zero-order valence-electron chi connectivity index (χ0n) is 10.8. The lowest BCUT2D eigenvalue weighted by molar-refractivity contribution is 1.15. The van der Waals surface area contributed by atoms with Crippen molar-refractivity contribution in [1.29, 1.82) is 0 Å². The first-order valence-electron chi connectivity index (χ1n) is 6.23. The van der Waals surface area contributed by atoms with Gasteiger partial charge in [0.2, 0.25) is 0 Å². The Morgan fingerprint density at radius 2 is 2.00 bits per heavy atom. The minimum absolute atomic E-state index is 0.459. The molecule has 0 amide bonds. The number of aryl methyl sites for hydroxylation is 1. The molecule has 3 rings (SSSR count). The molecule has 102 valence electrons. The molecular formula is C15H12Cl2N2S. The van der Waals surface area contributed by atoms with Crippen LogP contribution in [0, 0.1) is 0 Å². The molecule has 2 nitrogen and oxygen atoms in total. The van der Waals surface area contributed by atoms with E-state index in [0.717, 1.165) is 27.2 Å². The number of hydrogen-bond acceptors (Lipinski definition) is 3. The average Bonchev–Trinajstić information content (AvgIpc) is 2.85. The van der Waals surface area contributed by atoms with Gasteiger partial charge in [0.1, 0.15) is 5.01 Å². The molecule has 0 saturated carbocycles. The fourth-order valence-corrected chi connectivity index (χ4v) is 3.62. The van der Waals surface area contributed by atoms with Crippen LogP contribution < -0.4 is 5.73 Å². The molecule has 3 aromatic rings. The molecule has 0 saturated heterocycles. The molecule has 2 aromatic carbocycles. The number of rotatable bonds is 2. The topological polar surface area (TPSA) is 38.9 Å². The van der Waals surface area contributed by atoms with E-state index in [4.69, 9.17) is 28.9 Å². The van der Waals surface area contributed by atoms with Crippen LogP contribution >= 0.6 is 34.5 Å². The van der Waals surface area contributed by atoms with Gasteiger partial charge in [-0.15, -0.1) is 11.3 Å². The van der Waals surface area contributed by atoms with Crippen molar-refractivity contribution in [1.82, 2.24) is 4.98 Å².